The summed E-state index contributed by atoms with van der Waals surface area (Å²) in [5.74, 6) is 0.479. The molecule has 97 heavy (non-hydrogen) atoms. The van der Waals surface area contributed by atoms with Crippen LogP contribution in [0.15, 0.2) is 162 Å². The van der Waals surface area contributed by atoms with Crippen LogP contribution < -0.4 is 21.3 Å². The van der Waals surface area contributed by atoms with Gasteiger partial charge in [-0.05, 0) is 120 Å². The smallest absolute Gasteiger partial charge is 0.335 e. The zero-order valence-corrected chi connectivity index (χ0v) is 69.8. The van der Waals surface area contributed by atoms with Crippen LogP contribution in [0.25, 0.3) is 0 Å². The van der Waals surface area contributed by atoms with Gasteiger partial charge < -0.3 is 50.0 Å². The molecular weight excluding hydrogens is 1510 g/mol. The van der Waals surface area contributed by atoms with Crippen LogP contribution in [0.3, 0.4) is 0 Å². The summed E-state index contributed by atoms with van der Waals surface area (Å²) in [5.41, 5.74) is 20.5. The summed E-state index contributed by atoms with van der Waals surface area (Å²) in [4.78, 5) is 102. The van der Waals surface area contributed by atoms with Gasteiger partial charge in [0.15, 0.2) is 5.71 Å². The molecule has 1 atom stereocenters. The molecule has 0 heterocycles. The minimum absolute atomic E-state index is 0.0130. The van der Waals surface area contributed by atoms with Crippen molar-refractivity contribution in [1.82, 2.24) is 0 Å². The minimum atomic E-state index is -3.09. The van der Waals surface area contributed by atoms with Crippen LogP contribution in [-0.4, -0.2) is 173 Å². The van der Waals surface area contributed by atoms with E-state index in [0.717, 1.165) is 43.0 Å². The van der Waals surface area contributed by atoms with Crippen LogP contribution in [0.2, 0.25) is 60.4 Å². The number of hydrogen-bond acceptors (Lipinski definition) is 15. The van der Waals surface area contributed by atoms with Crippen LogP contribution in [0, 0.1) is 5.92 Å². The van der Waals surface area contributed by atoms with E-state index in [1.807, 2.05) is 92.2 Å². The van der Waals surface area contributed by atoms with Crippen LogP contribution >= 0.6 is 37.2 Å². The Kier molecular flexibility index (Phi) is 51.6. The summed E-state index contributed by atoms with van der Waals surface area (Å²) in [6.07, 6.45) is 19.5. The molecule has 0 saturated heterocycles. The van der Waals surface area contributed by atoms with E-state index in [-0.39, 0.29) is 28.5 Å². The molecule has 0 fully saturated rings. The van der Waals surface area contributed by atoms with E-state index in [0.29, 0.717) is 67.3 Å². The second-order valence-corrected chi connectivity index (χ2v) is 42.4. The number of nitrogens with two attached hydrogens (primary N) is 2. The molecule has 1 unspecified atom stereocenters. The van der Waals surface area contributed by atoms with Crippen molar-refractivity contribution in [3.63, 3.8) is 0 Å². The fraction of sp³-hybridized carbons (Fsp3) is 0.467. The van der Waals surface area contributed by atoms with E-state index in [9.17, 15) is 43.2 Å². The fourth-order valence-corrected chi connectivity index (χ4v) is 13.6. The highest BCUT2D eigenvalue weighted by molar-refractivity contribution is 15.0. The maximum absolute atomic E-state index is 10.5. The Morgan fingerprint density at radius 3 is 1.06 bits per heavy atom. The molecule has 1 aliphatic rings. The summed E-state index contributed by atoms with van der Waals surface area (Å²) in [6, 6.07) is 44.1. The average Bonchev–Trinajstić information content (AvgIpc) is 0.816. The molecule has 0 saturated carbocycles. The van der Waals surface area contributed by atoms with E-state index in [4.69, 9.17) is 11.5 Å². The molecule has 16 nitrogen and oxygen atoms in total. The van der Waals surface area contributed by atoms with Crippen LogP contribution in [0.1, 0.15) is 147 Å². The second-order valence-electron chi connectivity index (χ2n) is 26.6. The number of hydrogen-bond donors (Lipinski definition) is 8. The molecule has 0 aromatic heterocycles. The normalized spacial score (nSPS) is 12.9. The molecule has 5 aromatic rings. The van der Waals surface area contributed by atoms with Crippen molar-refractivity contribution in [2.75, 3.05) is 78.3 Å². The molecule has 10 N–H and O–H groups in total. The maximum atomic E-state index is 10.5. The van der Waals surface area contributed by atoms with Crippen LogP contribution in [0.5, 0.6) is 0 Å². The summed E-state index contributed by atoms with van der Waals surface area (Å²) < 4.78 is 2.13. The largest absolute Gasteiger partial charge is 0.410 e. The van der Waals surface area contributed by atoms with E-state index in [1.165, 1.54) is 47.1 Å². The Balaban J connectivity index is 0. The number of anilines is 2. The zero-order chi connectivity index (χ0) is 74.2. The van der Waals surface area contributed by atoms with Gasteiger partial charge in [0.2, 0.25) is 0 Å². The Morgan fingerprint density at radius 2 is 0.784 bits per heavy atom. The first-order valence-electron chi connectivity index (χ1n) is 33.6. The lowest BCUT2D eigenvalue weighted by Crippen LogP contribution is -2.38. The molecule has 0 bridgehead atoms. The molecule has 1 aliphatic carbocycles. The van der Waals surface area contributed by atoms with E-state index >= 15 is 0 Å². The van der Waals surface area contributed by atoms with Gasteiger partial charge in [-0.3, -0.25) is 24.4 Å². The van der Waals surface area contributed by atoms with E-state index < -0.39 is 33.8 Å². The lowest BCUT2D eigenvalue weighted by atomic mass is 9.78. The molecule has 0 amide bonds. The van der Waals surface area contributed by atoms with Gasteiger partial charge in [-0.2, -0.15) is 0 Å². The van der Waals surface area contributed by atoms with Crippen LogP contribution in [-0.2, 0) is 0 Å². The summed E-state index contributed by atoms with van der Waals surface area (Å²) in [6.45, 7) is 25.1. The van der Waals surface area contributed by atoms with Gasteiger partial charge in [-0.1, -0.05) is 203 Å². The Labute approximate surface area is 612 Å². The van der Waals surface area contributed by atoms with E-state index in [1.54, 1.807) is 42.6 Å². The Morgan fingerprint density at radius 1 is 0.485 bits per heavy atom. The third-order valence-electron chi connectivity index (χ3n) is 15.3. The summed E-state index contributed by atoms with van der Waals surface area (Å²) in [5, 5.41) is 0. The van der Waals surface area contributed by atoms with Gasteiger partial charge in [0, 0.05) is 151 Å². The number of carbonyl (C=O) groups is 3. The van der Waals surface area contributed by atoms with Crippen LogP contribution in [0.4, 0.5) is 11.4 Å². The lowest BCUT2D eigenvalue weighted by Gasteiger charge is -2.25. The Hall–Kier alpha value is -4.79. The molecule has 5 aromatic carbocycles. The number of nitrogens with zero attached hydrogens (tertiary/aromatic N) is 5. The topological polar surface area (TPSA) is 259 Å². The predicted octanol–water partition coefficient (Wildman–Crippen LogP) is 15.2. The fourth-order valence-electron chi connectivity index (χ4n) is 8.57. The Bertz CT molecular complexity index is 2970. The molecule has 0 aliphatic heterocycles. The zero-order valence-electron chi connectivity index (χ0n) is 61.5. The standard InChI is InChI=1S/C30H42N3O2Si.C14H21NO3Si.C8H11N.C8H6O2.C6H17NO2Si.C6H17NSi.C3H8.I2/c1-23(2)36(34,35)21-7-20-31-22-24-8-10-25(11-9-24)30(26-12-16-28(17-13-26)32(3)4)27-14-18-29(19-15-27)33(5)6;1-12(2)19(17,18)9-3-8-15-10-13-4-6-14(11-16)7-5-13;1-9(2)8-6-4-3-5-7-8;9-5-7-1-2-8(6-10)4-3-7;1-6(2)10(8,9)5-3-4-7;1-8(2,3)6-4-5-7;1-3-2;1-2/h8-19,22-23,26,30,34-35H,7,20-21H2,1-6H3;4-7,10-12,17-18H,3,8-9H2,1-2H3;3-7H,1-2H3;1-6H;6,8-9H,3-5,7H2,1-2H3;4-7H2,1-3H3;3H2,1-2H3;/q+1;;;;;;;. The molecule has 0 spiro atoms. The highest BCUT2D eigenvalue weighted by Gasteiger charge is 2.34. The SMILES string of the molecule is CC(C)[Si](O)(O)CCCN.CC(C)[Si](O)(O)CCCN=Cc1ccc(C(c2ccc(N(C)C)cc2)C2C=CC(=[N+](C)C)C=C2)cc1.CC(C)[Si](O)(O)CCCN=Cc1ccc(C=O)cc1.CCC.CN(C)c1ccccc1.C[Si](C)(C)CCCN.II.O=Cc1ccc(C=O)cc1. The monoisotopic (exact) mass is 1630 g/mol. The van der Waals surface area contributed by atoms with Crippen molar-refractivity contribution in [2.24, 2.45) is 27.4 Å². The summed E-state index contributed by atoms with van der Waals surface area (Å²) >= 11 is 4.24. The molecule has 540 valence electrons. The van der Waals surface area contributed by atoms with Gasteiger partial charge in [-0.15, -0.1) is 0 Å². The number of halogens is 2. The third-order valence-corrected chi connectivity index (χ3v) is 26.0. The van der Waals surface area contributed by atoms with E-state index in [2.05, 4.69) is 208 Å². The lowest BCUT2D eigenvalue weighted by molar-refractivity contribution is -0.462. The first-order valence-corrected chi connectivity index (χ1v) is 50.2. The second kappa shape index (κ2) is 53.1. The summed E-state index contributed by atoms with van der Waals surface area (Å²) in [7, 11) is 2.57. The maximum Gasteiger partial charge on any atom is 0.335 e. The van der Waals surface area contributed by atoms with Crippen molar-refractivity contribution < 1.29 is 47.7 Å². The number of aliphatic imine (C=N–C) groups is 2. The number of benzene rings is 5. The first kappa shape index (κ1) is 94.3. The number of para-hydroxylation sites is 1. The van der Waals surface area contributed by atoms with Crippen molar-refractivity contribution in [2.45, 2.75) is 154 Å². The molecular formula is C75H122I2N7O9Si4+. The first-order chi connectivity index (χ1) is 45.7. The molecule has 6 rings (SSSR count). The van der Waals surface area contributed by atoms with Gasteiger partial charge >= 0.3 is 25.7 Å². The van der Waals surface area contributed by atoms with Crippen molar-refractivity contribution in [3.05, 3.63) is 191 Å². The van der Waals surface area contributed by atoms with Crippen molar-refractivity contribution in [3.8, 4) is 0 Å². The number of carbonyl (C=O) groups excluding carboxylic acids is 3. The van der Waals surface area contributed by atoms with Gasteiger partial charge in [0.25, 0.3) is 0 Å². The van der Waals surface area contributed by atoms with Gasteiger partial charge in [-0.25, -0.2) is 4.58 Å². The van der Waals surface area contributed by atoms with Crippen molar-refractivity contribution >= 4 is 119 Å². The number of rotatable bonds is 27. The average molecular weight is 1630 g/mol. The van der Waals surface area contributed by atoms with Crippen molar-refractivity contribution in [1.29, 1.82) is 0 Å². The third kappa shape index (κ3) is 43.5. The molecule has 0 radical (unpaired) electrons. The highest BCUT2D eigenvalue weighted by atomic mass is 128. The molecule has 22 heteroatoms. The quantitative estimate of drug-likeness (QED) is 0.00608. The highest BCUT2D eigenvalue weighted by Crippen LogP contribution is 2.36. The van der Waals surface area contributed by atoms with Gasteiger partial charge in [0.1, 0.15) is 33.0 Å². The number of allylic oxidation sites excluding steroid dienone is 4. The predicted molar refractivity (Wildman–Crippen MR) is 442 cm³/mol. The minimum Gasteiger partial charge on any atom is -0.410 e. The number of aldehydes is 3. The van der Waals surface area contributed by atoms with Gasteiger partial charge in [0.05, 0.1) is 0 Å².